The van der Waals surface area contributed by atoms with Gasteiger partial charge in [-0.3, -0.25) is 0 Å². The van der Waals surface area contributed by atoms with E-state index in [9.17, 15) is 0 Å². The van der Waals surface area contributed by atoms with E-state index >= 15 is 0 Å². The largest absolute Gasteiger partial charge is 0.489 e. The van der Waals surface area contributed by atoms with E-state index in [2.05, 4.69) is 10.3 Å². The number of hydrogen-bond donors (Lipinski definition) is 0. The molecule has 0 bridgehead atoms. The molecule has 0 unspecified atom stereocenters. The Kier molecular flexibility index (Phi) is 6.48. The summed E-state index contributed by atoms with van der Waals surface area (Å²) >= 11 is 0. The van der Waals surface area contributed by atoms with E-state index in [1.807, 2.05) is 52.5 Å². The first kappa shape index (κ1) is 18.9. The number of halogens is 1. The summed E-state index contributed by atoms with van der Waals surface area (Å²) in [7, 11) is 2.49. The van der Waals surface area contributed by atoms with Gasteiger partial charge in [-0.25, -0.2) is 28.1 Å². The Bertz CT molecular complexity index is 658. The molecule has 128 valence electrons. The van der Waals surface area contributed by atoms with Crippen molar-refractivity contribution >= 4 is 17.1 Å². The van der Waals surface area contributed by atoms with Gasteiger partial charge in [0.05, 0.1) is 28.2 Å². The summed E-state index contributed by atoms with van der Waals surface area (Å²) in [6.07, 6.45) is 0. The van der Waals surface area contributed by atoms with E-state index in [4.69, 9.17) is 28.5 Å². The molecule has 1 aromatic carbocycles. The van der Waals surface area contributed by atoms with Gasteiger partial charge in [-0.05, 0) is 22.2 Å². The van der Waals surface area contributed by atoms with E-state index in [-0.39, 0.29) is 0 Å². The molecule has 2 aromatic rings. The van der Waals surface area contributed by atoms with E-state index in [1.54, 1.807) is 9.48 Å². The normalized spacial score (nSPS) is 10.6. The molecule has 0 atom stereocenters. The number of para-hydroxylation sites is 1. The van der Waals surface area contributed by atoms with Crippen molar-refractivity contribution in [3.05, 3.63) is 24.3 Å². The fourth-order valence-corrected chi connectivity index (χ4v) is 1.52. The van der Waals surface area contributed by atoms with Crippen LogP contribution in [0.3, 0.4) is 0 Å². The smallest absolute Gasteiger partial charge is 0.231 e. The molecule has 0 saturated carbocycles. The summed E-state index contributed by atoms with van der Waals surface area (Å²) in [6.45, 7) is 0. The lowest BCUT2D eigenvalue weighted by Gasteiger charge is -2.17. The van der Waals surface area contributed by atoms with Gasteiger partial charge in [0.15, 0.2) is 0 Å². The first-order valence-corrected chi connectivity index (χ1v) is 7.32. The average molecular weight is 350 g/mol. The molecule has 0 saturated heterocycles. The van der Waals surface area contributed by atoms with Gasteiger partial charge >= 0.3 is 6.02 Å². The number of benzene rings is 1. The number of nitrogens with zero attached hydrogens (tertiary/aromatic N) is 5. The van der Waals surface area contributed by atoms with Crippen molar-refractivity contribution in [1.82, 2.24) is 20.1 Å². The zero-order chi connectivity index (χ0) is 17.6. The van der Waals surface area contributed by atoms with Gasteiger partial charge in [-0.15, -0.1) is 15.3 Å². The van der Waals surface area contributed by atoms with Crippen LogP contribution in [0.5, 0.6) is 0 Å². The van der Waals surface area contributed by atoms with Crippen molar-refractivity contribution in [3.8, 4) is 0 Å². The van der Waals surface area contributed by atoms with E-state index in [0.717, 1.165) is 11.0 Å². The third-order valence-electron chi connectivity index (χ3n) is 2.27. The molecular formula is C11H16ClN5O6. The molecule has 2 rings (SSSR count). The van der Waals surface area contributed by atoms with Crippen molar-refractivity contribution in [1.29, 1.82) is 0 Å². The molecule has 0 spiro atoms. The molecule has 0 aliphatic heterocycles. The van der Waals surface area contributed by atoms with Crippen LogP contribution in [-0.2, 0) is 4.89 Å². The first-order valence-electron chi connectivity index (χ1n) is 6.08. The van der Waals surface area contributed by atoms with Crippen molar-refractivity contribution in [2.75, 3.05) is 28.2 Å². The van der Waals surface area contributed by atoms with Crippen LogP contribution in [0, 0.1) is 10.2 Å². The van der Waals surface area contributed by atoms with E-state index in [1.165, 1.54) is 4.85 Å². The Labute approximate surface area is 133 Å². The molecule has 1 heterocycles. The average Bonchev–Trinajstić information content (AvgIpc) is 2.80. The van der Waals surface area contributed by atoms with Gasteiger partial charge in [0, 0.05) is 0 Å². The quantitative estimate of drug-likeness (QED) is 0.171. The number of rotatable bonds is 2. The third-order valence-corrected chi connectivity index (χ3v) is 2.27. The highest BCUT2D eigenvalue weighted by molar-refractivity contribution is 5.73. The third kappa shape index (κ3) is 6.63. The molecular weight excluding hydrogens is 334 g/mol. The topological polar surface area (TPSA) is 148 Å². The summed E-state index contributed by atoms with van der Waals surface area (Å²) in [5.41, 5.74) is 1.49. The van der Waals surface area contributed by atoms with Gasteiger partial charge in [0.25, 0.3) is 0 Å². The second-order valence-electron chi connectivity index (χ2n) is 4.56. The Hall–Kier alpha value is -2.18. The van der Waals surface area contributed by atoms with Crippen LogP contribution in [0.4, 0.5) is 0 Å². The van der Waals surface area contributed by atoms with Gasteiger partial charge in [-0.1, -0.05) is 12.1 Å². The highest BCUT2D eigenvalue weighted by atomic mass is 35.7. The van der Waals surface area contributed by atoms with Gasteiger partial charge in [-0.2, -0.15) is 9.88 Å². The molecule has 0 amide bonds. The summed E-state index contributed by atoms with van der Waals surface area (Å²) in [5, 5.41) is 7.81. The number of amidine groups is 1. The fraction of sp³-hybridized carbons (Fsp3) is 0.364. The fourth-order valence-electron chi connectivity index (χ4n) is 1.52. The molecule has 11 nitrogen and oxygen atoms in total. The molecule has 0 aliphatic rings. The SMILES string of the molecule is CN(C)C(OOn1nnc2ccccc21)=[N+](C)C.[O-][Cl+3]([O-])([O-])[O-]. The molecule has 0 aliphatic carbocycles. The Morgan fingerprint density at radius 3 is 2.26 bits per heavy atom. The predicted octanol–water partition coefficient (Wildman–Crippen LogP) is -4.77. The van der Waals surface area contributed by atoms with Crippen LogP contribution in [0.1, 0.15) is 0 Å². The second kappa shape index (κ2) is 7.89. The Balaban J connectivity index is 0.000000463. The summed E-state index contributed by atoms with van der Waals surface area (Å²) < 4.78 is 35.8. The van der Waals surface area contributed by atoms with Crippen LogP contribution in [-0.4, -0.2) is 58.8 Å². The zero-order valence-corrected chi connectivity index (χ0v) is 13.6. The Morgan fingerprint density at radius 1 is 1.17 bits per heavy atom. The minimum atomic E-state index is -4.94. The van der Waals surface area contributed by atoms with E-state index in [0.29, 0.717) is 6.02 Å². The summed E-state index contributed by atoms with van der Waals surface area (Å²) in [5.74, 6) is 0. The van der Waals surface area contributed by atoms with Crippen LogP contribution in [0.15, 0.2) is 24.3 Å². The Morgan fingerprint density at radius 2 is 1.74 bits per heavy atom. The number of fused-ring (bicyclic) bond motifs is 1. The highest BCUT2D eigenvalue weighted by Crippen LogP contribution is 2.08. The van der Waals surface area contributed by atoms with Crippen molar-refractivity contribution < 1.29 is 43.3 Å². The van der Waals surface area contributed by atoms with Gasteiger partial charge in [0.1, 0.15) is 11.0 Å². The summed E-state index contributed by atoms with van der Waals surface area (Å²) in [4.78, 5) is 13.4. The maximum Gasteiger partial charge on any atom is 0.489 e. The lowest BCUT2D eigenvalue weighted by molar-refractivity contribution is -2.00. The molecule has 0 fully saturated rings. The maximum atomic E-state index is 8.49. The van der Waals surface area contributed by atoms with Crippen LogP contribution in [0.25, 0.3) is 11.0 Å². The predicted molar refractivity (Wildman–Crippen MR) is 66.0 cm³/mol. The van der Waals surface area contributed by atoms with Crippen molar-refractivity contribution in [2.45, 2.75) is 0 Å². The molecule has 12 heteroatoms. The van der Waals surface area contributed by atoms with Crippen LogP contribution < -0.4 is 23.6 Å². The lowest BCUT2D eigenvalue weighted by Crippen LogP contribution is -2.68. The van der Waals surface area contributed by atoms with Crippen molar-refractivity contribution in [2.24, 2.45) is 0 Å². The molecule has 1 aromatic heterocycles. The highest BCUT2D eigenvalue weighted by Gasteiger charge is 2.17. The number of hydrogen-bond acceptors (Lipinski definition) is 8. The second-order valence-corrected chi connectivity index (χ2v) is 5.31. The molecule has 0 N–H and O–H groups in total. The monoisotopic (exact) mass is 349 g/mol. The van der Waals surface area contributed by atoms with Gasteiger partial charge in [0.2, 0.25) is 0 Å². The molecule has 23 heavy (non-hydrogen) atoms. The van der Waals surface area contributed by atoms with Crippen LogP contribution >= 0.6 is 0 Å². The van der Waals surface area contributed by atoms with Crippen LogP contribution in [0.2, 0.25) is 0 Å². The number of aromatic nitrogens is 3. The van der Waals surface area contributed by atoms with Crippen molar-refractivity contribution in [3.63, 3.8) is 0 Å². The minimum Gasteiger partial charge on any atom is -0.231 e. The minimum absolute atomic E-state index is 0.551. The van der Waals surface area contributed by atoms with Gasteiger partial charge < -0.3 is 0 Å². The summed E-state index contributed by atoms with van der Waals surface area (Å²) in [6, 6.07) is 8.02. The van der Waals surface area contributed by atoms with E-state index < -0.39 is 10.2 Å². The molecule has 0 radical (unpaired) electrons. The standard InChI is InChI=1S/C11H16N5O2.ClHO4/c1-14(2)11(15(3)4)17-18-16-10-8-6-5-7-9(10)12-13-16;2-1(3,4)5/h5-8H,1-4H3;(H,2,3,4,5)/q+1;/p-1. The zero-order valence-electron chi connectivity index (χ0n) is 12.9. The maximum absolute atomic E-state index is 8.49. The first-order chi connectivity index (χ1) is 10.6. The lowest BCUT2D eigenvalue weighted by atomic mass is 10.3.